The van der Waals surface area contributed by atoms with Crippen LogP contribution in [0.25, 0.3) is 17.5 Å². The van der Waals surface area contributed by atoms with Gasteiger partial charge in [-0.05, 0) is 50.3 Å². The Kier molecular flexibility index (Phi) is 5.88. The molecule has 1 aliphatic rings. The molecule has 0 saturated heterocycles. The molecule has 1 fully saturated rings. The predicted octanol–water partition coefficient (Wildman–Crippen LogP) is 3.19. The molecule has 2 heterocycles. The molecule has 1 unspecified atom stereocenters. The number of nitrogens with zero attached hydrogens (tertiary/aromatic N) is 4. The number of carbonyl (C=O) groups excluding carboxylic acids is 1. The van der Waals surface area contributed by atoms with Crippen molar-refractivity contribution < 1.29 is 14.3 Å². The molecule has 144 valence electrons. The molecule has 0 amide bonds. The molecule has 0 radical (unpaired) electrons. The number of methoxy groups -OCH3 is 1. The third-order valence-corrected chi connectivity index (χ3v) is 5.14. The highest BCUT2D eigenvalue weighted by molar-refractivity contribution is 5.72. The highest BCUT2D eigenvalue weighted by Gasteiger charge is 2.28. The van der Waals surface area contributed by atoms with Gasteiger partial charge in [0.1, 0.15) is 11.4 Å². The van der Waals surface area contributed by atoms with Crippen LogP contribution in [0.3, 0.4) is 0 Å². The lowest BCUT2D eigenvalue weighted by Crippen LogP contribution is -2.27. The Morgan fingerprint density at radius 2 is 2.22 bits per heavy atom. The van der Waals surface area contributed by atoms with Gasteiger partial charge in [0, 0.05) is 7.05 Å². The summed E-state index contributed by atoms with van der Waals surface area (Å²) in [7, 11) is 3.28. The van der Waals surface area contributed by atoms with Gasteiger partial charge in [-0.3, -0.25) is 4.79 Å². The van der Waals surface area contributed by atoms with Gasteiger partial charge < -0.3 is 9.47 Å². The van der Waals surface area contributed by atoms with E-state index in [1.165, 1.54) is 7.11 Å². The minimum Gasteiger partial charge on any atom is -0.491 e. The van der Waals surface area contributed by atoms with Gasteiger partial charge in [0.05, 0.1) is 36.7 Å². The normalized spacial score (nSPS) is 19.5. The van der Waals surface area contributed by atoms with E-state index in [4.69, 9.17) is 9.47 Å². The number of rotatable bonds is 6. The highest BCUT2D eigenvalue weighted by atomic mass is 16.5. The van der Waals surface area contributed by atoms with E-state index in [2.05, 4.69) is 21.9 Å². The number of esters is 1. The van der Waals surface area contributed by atoms with Crippen LogP contribution in [-0.2, 0) is 16.6 Å². The van der Waals surface area contributed by atoms with Crippen LogP contribution in [0, 0.1) is 18.8 Å². The fraction of sp³-hybridized carbons (Fsp3) is 0.500. The van der Waals surface area contributed by atoms with Gasteiger partial charge in [-0.15, -0.1) is 5.10 Å². The second-order valence-corrected chi connectivity index (χ2v) is 6.99. The van der Waals surface area contributed by atoms with Crippen molar-refractivity contribution in [2.24, 2.45) is 18.9 Å². The second kappa shape index (κ2) is 8.33. The summed E-state index contributed by atoms with van der Waals surface area (Å²) in [6.45, 7) is 6.31. The first-order valence-corrected chi connectivity index (χ1v) is 9.24. The van der Waals surface area contributed by atoms with Gasteiger partial charge in [0.25, 0.3) is 0 Å². The van der Waals surface area contributed by atoms with E-state index in [0.717, 1.165) is 48.5 Å². The molecule has 0 aromatic carbocycles. The number of hydrogen-bond acceptors (Lipinski definition) is 6. The fourth-order valence-electron chi connectivity index (χ4n) is 3.64. The first-order valence-electron chi connectivity index (χ1n) is 9.24. The van der Waals surface area contributed by atoms with Crippen LogP contribution in [0.1, 0.15) is 37.1 Å². The van der Waals surface area contributed by atoms with Gasteiger partial charge in [-0.25, -0.2) is 9.67 Å². The molecule has 2 aromatic heterocycles. The van der Waals surface area contributed by atoms with Crippen molar-refractivity contribution in [2.75, 3.05) is 13.7 Å². The number of aromatic nitrogens is 4. The van der Waals surface area contributed by atoms with Crippen molar-refractivity contribution in [1.82, 2.24) is 20.0 Å². The van der Waals surface area contributed by atoms with Gasteiger partial charge >= 0.3 is 5.97 Å². The number of pyridine rings is 1. The van der Waals surface area contributed by atoms with E-state index in [1.54, 1.807) is 10.8 Å². The first kappa shape index (κ1) is 19.1. The minimum atomic E-state index is -0.108. The lowest BCUT2D eigenvalue weighted by atomic mass is 9.82. The lowest BCUT2D eigenvalue weighted by molar-refractivity contribution is -0.147. The number of aryl methyl sites for hydroxylation is 2. The van der Waals surface area contributed by atoms with Crippen molar-refractivity contribution in [3.05, 3.63) is 30.1 Å². The Labute approximate surface area is 159 Å². The quantitative estimate of drug-likeness (QED) is 0.727. The van der Waals surface area contributed by atoms with Crippen molar-refractivity contribution in [2.45, 2.75) is 32.6 Å². The van der Waals surface area contributed by atoms with Crippen LogP contribution in [0.15, 0.2) is 18.7 Å². The second-order valence-electron chi connectivity index (χ2n) is 6.99. The standard InChI is InChI=1S/C20H26N4O3/c1-5-17-19(22-23-24(17)3)16-9-10-18(13(2)21-16)27-12-14-7-6-8-15(11-14)20(25)26-4/h5,9-10,14-15H,1,6-8,11-12H2,2-4H3/t14?,15-/m0/s1. The lowest BCUT2D eigenvalue weighted by Gasteiger charge is -2.27. The van der Waals surface area contributed by atoms with Crippen LogP contribution in [0.4, 0.5) is 0 Å². The molecule has 0 bridgehead atoms. The van der Waals surface area contributed by atoms with E-state index in [-0.39, 0.29) is 11.9 Å². The molecule has 7 nitrogen and oxygen atoms in total. The molecule has 0 N–H and O–H groups in total. The monoisotopic (exact) mass is 370 g/mol. The zero-order chi connectivity index (χ0) is 19.4. The summed E-state index contributed by atoms with van der Waals surface area (Å²) in [6.07, 6.45) is 5.54. The van der Waals surface area contributed by atoms with Crippen LogP contribution in [0.5, 0.6) is 5.75 Å². The molecule has 1 aliphatic carbocycles. The number of carbonyl (C=O) groups is 1. The summed E-state index contributed by atoms with van der Waals surface area (Å²) in [6, 6.07) is 3.80. The van der Waals surface area contributed by atoms with E-state index >= 15 is 0 Å². The van der Waals surface area contributed by atoms with E-state index in [9.17, 15) is 4.79 Å². The third-order valence-electron chi connectivity index (χ3n) is 5.14. The van der Waals surface area contributed by atoms with Crippen molar-refractivity contribution in [3.8, 4) is 17.1 Å². The smallest absolute Gasteiger partial charge is 0.308 e. The summed E-state index contributed by atoms with van der Waals surface area (Å²) in [4.78, 5) is 16.4. The van der Waals surface area contributed by atoms with Gasteiger partial charge in [0.2, 0.25) is 0 Å². The minimum absolute atomic E-state index is 0.00655. The van der Waals surface area contributed by atoms with Crippen molar-refractivity contribution >= 4 is 12.0 Å². The van der Waals surface area contributed by atoms with Crippen LogP contribution in [-0.4, -0.2) is 39.7 Å². The summed E-state index contributed by atoms with van der Waals surface area (Å²) in [5, 5.41) is 8.20. The van der Waals surface area contributed by atoms with Gasteiger partial charge in [-0.1, -0.05) is 18.2 Å². The summed E-state index contributed by atoms with van der Waals surface area (Å²) in [5.41, 5.74) is 3.07. The third kappa shape index (κ3) is 4.18. The zero-order valence-corrected chi connectivity index (χ0v) is 16.1. The van der Waals surface area contributed by atoms with Crippen molar-refractivity contribution in [3.63, 3.8) is 0 Å². The molecule has 7 heteroatoms. The molecule has 3 rings (SSSR count). The summed E-state index contributed by atoms with van der Waals surface area (Å²) < 4.78 is 12.6. The molecule has 0 spiro atoms. The molecular formula is C20H26N4O3. The average Bonchev–Trinajstić information content (AvgIpc) is 3.07. The Bertz CT molecular complexity index is 831. The van der Waals surface area contributed by atoms with Crippen LogP contribution < -0.4 is 4.74 Å². The first-order chi connectivity index (χ1) is 13.0. The molecule has 2 aromatic rings. The Hall–Kier alpha value is -2.70. The summed E-state index contributed by atoms with van der Waals surface area (Å²) >= 11 is 0. The van der Waals surface area contributed by atoms with E-state index in [0.29, 0.717) is 18.2 Å². The molecule has 2 atom stereocenters. The Morgan fingerprint density at radius 1 is 1.41 bits per heavy atom. The van der Waals surface area contributed by atoms with Gasteiger partial charge in [0.15, 0.2) is 0 Å². The van der Waals surface area contributed by atoms with Crippen molar-refractivity contribution in [1.29, 1.82) is 0 Å². The number of ether oxygens (including phenoxy) is 2. The average molecular weight is 370 g/mol. The van der Waals surface area contributed by atoms with E-state index < -0.39 is 0 Å². The largest absolute Gasteiger partial charge is 0.491 e. The number of hydrogen-bond donors (Lipinski definition) is 0. The maximum atomic E-state index is 11.8. The van der Waals surface area contributed by atoms with Crippen LogP contribution in [0.2, 0.25) is 0 Å². The maximum absolute atomic E-state index is 11.8. The van der Waals surface area contributed by atoms with Gasteiger partial charge in [-0.2, -0.15) is 0 Å². The SMILES string of the molecule is C=Cc1c(-c2ccc(OCC3CCC[C@H](C(=O)OC)C3)c(C)n2)nnn1C. The molecular weight excluding hydrogens is 344 g/mol. The zero-order valence-electron chi connectivity index (χ0n) is 16.1. The molecule has 27 heavy (non-hydrogen) atoms. The Balaban J connectivity index is 1.66. The van der Waals surface area contributed by atoms with E-state index in [1.807, 2.05) is 26.1 Å². The highest BCUT2D eigenvalue weighted by Crippen LogP contribution is 2.31. The fourth-order valence-corrected chi connectivity index (χ4v) is 3.64. The molecule has 1 saturated carbocycles. The maximum Gasteiger partial charge on any atom is 0.308 e. The predicted molar refractivity (Wildman–Crippen MR) is 102 cm³/mol. The molecule has 0 aliphatic heterocycles. The topological polar surface area (TPSA) is 79.1 Å². The Morgan fingerprint density at radius 3 is 2.93 bits per heavy atom. The summed E-state index contributed by atoms with van der Waals surface area (Å²) in [5.74, 6) is 0.995. The van der Waals surface area contributed by atoms with Crippen LogP contribution >= 0.6 is 0 Å².